The van der Waals surface area contributed by atoms with Crippen LogP contribution in [-0.4, -0.2) is 51.2 Å². The number of hydrogen-bond acceptors (Lipinski definition) is 7. The molecule has 0 aromatic carbocycles. The molecule has 2 amide bonds. The van der Waals surface area contributed by atoms with Gasteiger partial charge in [0, 0.05) is 45.0 Å². The number of hydrogen-bond donors (Lipinski definition) is 3. The van der Waals surface area contributed by atoms with Crippen molar-refractivity contribution in [2.45, 2.75) is 32.6 Å². The zero-order chi connectivity index (χ0) is 18.4. The zero-order valence-corrected chi connectivity index (χ0v) is 14.6. The summed E-state index contributed by atoms with van der Waals surface area (Å²) in [5, 5.41) is 6.64. The Bertz CT molecular complexity index is 768. The number of nitrogens with one attached hydrogen (secondary N) is 2. The maximum absolute atomic E-state index is 12.0. The van der Waals surface area contributed by atoms with Crippen molar-refractivity contribution in [1.29, 1.82) is 0 Å². The minimum atomic E-state index is -0.313. The molecule has 0 aliphatic rings. The van der Waals surface area contributed by atoms with E-state index in [1.807, 2.05) is 13.8 Å². The predicted octanol–water partition coefficient (Wildman–Crippen LogP) is 0.285. The fourth-order valence-corrected chi connectivity index (χ4v) is 2.04. The number of anilines is 1. The molecule has 2 heterocycles. The summed E-state index contributed by atoms with van der Waals surface area (Å²) >= 11 is 0. The third-order valence-corrected chi connectivity index (χ3v) is 3.44. The zero-order valence-electron chi connectivity index (χ0n) is 14.6. The number of urea groups is 1. The van der Waals surface area contributed by atoms with E-state index in [9.17, 15) is 9.59 Å². The van der Waals surface area contributed by atoms with Crippen molar-refractivity contribution in [1.82, 2.24) is 30.3 Å². The molecule has 0 atom stereocenters. The Kier molecular flexibility index (Phi) is 6.09. The van der Waals surface area contributed by atoms with Gasteiger partial charge in [0.25, 0.3) is 5.56 Å². The minimum absolute atomic E-state index is 0.156. The van der Waals surface area contributed by atoms with Crippen molar-refractivity contribution in [3.63, 3.8) is 0 Å². The Labute approximate surface area is 144 Å². The van der Waals surface area contributed by atoms with Crippen LogP contribution < -0.4 is 16.6 Å². The number of nitrogens with two attached hydrogens (primary N) is 1. The smallest absolute Gasteiger partial charge is 0.317 e. The van der Waals surface area contributed by atoms with Gasteiger partial charge in [0.05, 0.1) is 0 Å². The summed E-state index contributed by atoms with van der Waals surface area (Å²) in [7, 11) is 1.68. The van der Waals surface area contributed by atoms with Crippen LogP contribution in [-0.2, 0) is 12.8 Å². The van der Waals surface area contributed by atoms with Gasteiger partial charge >= 0.3 is 6.03 Å². The van der Waals surface area contributed by atoms with E-state index in [4.69, 9.17) is 10.3 Å². The number of likely N-dealkylation sites (N-methyl/N-ethyl adjacent to an activating group) is 1. The van der Waals surface area contributed by atoms with E-state index in [1.165, 1.54) is 11.0 Å². The van der Waals surface area contributed by atoms with E-state index in [0.717, 1.165) is 0 Å². The molecule has 0 radical (unpaired) electrons. The first-order valence-electron chi connectivity index (χ1n) is 8.02. The Morgan fingerprint density at radius 1 is 1.40 bits per heavy atom. The van der Waals surface area contributed by atoms with Gasteiger partial charge in [-0.25, -0.2) is 9.78 Å². The highest BCUT2D eigenvalue weighted by molar-refractivity contribution is 5.73. The van der Waals surface area contributed by atoms with Gasteiger partial charge < -0.3 is 25.5 Å². The van der Waals surface area contributed by atoms with E-state index >= 15 is 0 Å². The summed E-state index contributed by atoms with van der Waals surface area (Å²) in [6, 6.07) is 0.970. The second-order valence-corrected chi connectivity index (χ2v) is 5.97. The van der Waals surface area contributed by atoms with Crippen LogP contribution in [0.15, 0.2) is 15.4 Å². The van der Waals surface area contributed by atoms with Gasteiger partial charge in [-0.15, -0.1) is 0 Å². The van der Waals surface area contributed by atoms with Gasteiger partial charge in [-0.1, -0.05) is 19.0 Å². The molecule has 0 fully saturated rings. The first kappa shape index (κ1) is 18.4. The maximum atomic E-state index is 12.0. The molecule has 136 valence electrons. The highest BCUT2D eigenvalue weighted by Crippen LogP contribution is 2.11. The molecular formula is C15H23N7O3. The molecule has 0 bridgehead atoms. The van der Waals surface area contributed by atoms with E-state index in [0.29, 0.717) is 43.5 Å². The average molecular weight is 349 g/mol. The normalized spacial score (nSPS) is 10.9. The van der Waals surface area contributed by atoms with Crippen LogP contribution >= 0.6 is 0 Å². The first-order chi connectivity index (χ1) is 11.8. The van der Waals surface area contributed by atoms with Crippen LogP contribution in [0, 0.1) is 0 Å². The number of amides is 2. The molecule has 10 nitrogen and oxygen atoms in total. The van der Waals surface area contributed by atoms with Crippen LogP contribution in [0.3, 0.4) is 0 Å². The van der Waals surface area contributed by atoms with Crippen LogP contribution in [0.1, 0.15) is 37.3 Å². The highest BCUT2D eigenvalue weighted by atomic mass is 16.5. The van der Waals surface area contributed by atoms with Crippen LogP contribution in [0.2, 0.25) is 0 Å². The maximum Gasteiger partial charge on any atom is 0.317 e. The molecule has 0 saturated carbocycles. The van der Waals surface area contributed by atoms with Crippen LogP contribution in [0.5, 0.6) is 0 Å². The highest BCUT2D eigenvalue weighted by Gasteiger charge is 2.13. The number of H-pyrrole nitrogens is 1. The first-order valence-corrected chi connectivity index (χ1v) is 8.02. The molecule has 0 aliphatic carbocycles. The lowest BCUT2D eigenvalue weighted by Crippen LogP contribution is -2.39. The van der Waals surface area contributed by atoms with E-state index in [-0.39, 0.29) is 23.3 Å². The van der Waals surface area contributed by atoms with E-state index in [2.05, 4.69) is 25.4 Å². The number of aromatic amines is 1. The molecule has 2 aromatic heterocycles. The Balaban J connectivity index is 1.75. The second kappa shape index (κ2) is 8.27. The Morgan fingerprint density at radius 3 is 2.80 bits per heavy atom. The predicted molar refractivity (Wildman–Crippen MR) is 91.1 cm³/mol. The summed E-state index contributed by atoms with van der Waals surface area (Å²) in [6.45, 7) is 4.73. The van der Waals surface area contributed by atoms with Crippen molar-refractivity contribution in [2.75, 3.05) is 25.9 Å². The Morgan fingerprint density at radius 2 is 2.16 bits per heavy atom. The SMILES string of the molecule is CC(C)c1nc(CCN(C)C(=O)NCCc2nc(N)cc(=O)[nH]2)no1. The van der Waals surface area contributed by atoms with Gasteiger partial charge in [-0.2, -0.15) is 4.98 Å². The number of nitrogen functional groups attached to an aromatic ring is 1. The molecule has 0 spiro atoms. The lowest BCUT2D eigenvalue weighted by Gasteiger charge is -2.16. The lowest BCUT2D eigenvalue weighted by atomic mass is 10.2. The second-order valence-electron chi connectivity index (χ2n) is 5.97. The average Bonchev–Trinajstić information content (AvgIpc) is 3.00. The number of carbonyl (C=O) groups excluding carboxylic acids is 1. The molecule has 2 rings (SSSR count). The van der Waals surface area contributed by atoms with Crippen molar-refractivity contribution >= 4 is 11.8 Å². The molecule has 4 N–H and O–H groups in total. The van der Waals surface area contributed by atoms with Crippen molar-refractivity contribution in [3.8, 4) is 0 Å². The summed E-state index contributed by atoms with van der Waals surface area (Å²) in [6.07, 6.45) is 0.882. The molecule has 10 heteroatoms. The number of carbonyl (C=O) groups is 1. The molecule has 0 unspecified atom stereocenters. The van der Waals surface area contributed by atoms with Gasteiger partial charge in [-0.05, 0) is 0 Å². The van der Waals surface area contributed by atoms with Crippen molar-refractivity contribution in [2.24, 2.45) is 0 Å². The van der Waals surface area contributed by atoms with Crippen LogP contribution in [0.4, 0.5) is 10.6 Å². The van der Waals surface area contributed by atoms with E-state index < -0.39 is 0 Å². The number of nitrogens with zero attached hydrogens (tertiary/aromatic N) is 4. The quantitative estimate of drug-likeness (QED) is 0.651. The molecule has 0 saturated heterocycles. The lowest BCUT2D eigenvalue weighted by molar-refractivity contribution is 0.209. The fourth-order valence-electron chi connectivity index (χ4n) is 2.04. The van der Waals surface area contributed by atoms with Gasteiger partial charge in [-0.3, -0.25) is 4.79 Å². The van der Waals surface area contributed by atoms with Crippen molar-refractivity contribution in [3.05, 3.63) is 34.0 Å². The van der Waals surface area contributed by atoms with Gasteiger partial charge in [0.1, 0.15) is 11.6 Å². The summed E-state index contributed by atoms with van der Waals surface area (Å²) in [5.41, 5.74) is 5.20. The fraction of sp³-hybridized carbons (Fsp3) is 0.533. The molecule has 25 heavy (non-hydrogen) atoms. The van der Waals surface area contributed by atoms with E-state index in [1.54, 1.807) is 7.05 Å². The Hall–Kier alpha value is -2.91. The minimum Gasteiger partial charge on any atom is -0.383 e. The standard InChI is InChI=1S/C15H23N7O3/c1-9(2)14-20-12(21-25-14)5-7-22(3)15(24)17-6-4-11-18-10(16)8-13(23)19-11/h8-9H,4-7H2,1-3H3,(H,17,24)(H3,16,18,19,23). The van der Waals surface area contributed by atoms with Gasteiger partial charge in [0.15, 0.2) is 5.82 Å². The third kappa shape index (κ3) is 5.59. The largest absolute Gasteiger partial charge is 0.383 e. The number of rotatable bonds is 7. The van der Waals surface area contributed by atoms with Crippen LogP contribution in [0.25, 0.3) is 0 Å². The molecule has 2 aromatic rings. The third-order valence-electron chi connectivity index (χ3n) is 3.44. The monoisotopic (exact) mass is 349 g/mol. The number of aromatic nitrogens is 4. The van der Waals surface area contributed by atoms with Crippen molar-refractivity contribution < 1.29 is 9.32 Å². The van der Waals surface area contributed by atoms with Gasteiger partial charge in [0.2, 0.25) is 5.89 Å². The summed E-state index contributed by atoms with van der Waals surface area (Å²) in [4.78, 5) is 35.7. The molecular weight excluding hydrogens is 326 g/mol. The molecule has 0 aliphatic heterocycles. The summed E-state index contributed by atoms with van der Waals surface area (Å²) in [5.74, 6) is 1.93. The topological polar surface area (TPSA) is 143 Å². The summed E-state index contributed by atoms with van der Waals surface area (Å²) < 4.78 is 5.13.